The zero-order valence-corrected chi connectivity index (χ0v) is 17.7. The van der Waals surface area contributed by atoms with E-state index in [1.165, 1.54) is 17.7 Å². The average Bonchev–Trinajstić information content (AvgIpc) is 3.20. The Morgan fingerprint density at radius 2 is 1.96 bits per heavy atom. The third kappa shape index (κ3) is 4.28. The molecule has 1 unspecified atom stereocenters. The summed E-state index contributed by atoms with van der Waals surface area (Å²) in [4.78, 5) is 3.83. The molecular weight excluding hydrogens is 476 g/mol. The Labute approximate surface area is 163 Å². The highest BCUT2D eigenvalue weighted by Gasteiger charge is 2.27. The number of likely N-dealkylation sites (tertiary alicyclic amines) is 1. The number of hydrogen-bond acceptors (Lipinski definition) is 4. The van der Waals surface area contributed by atoms with Crippen molar-refractivity contribution in [2.75, 3.05) is 19.6 Å². The van der Waals surface area contributed by atoms with Crippen LogP contribution in [-0.4, -0.2) is 33.0 Å². The zero-order chi connectivity index (χ0) is 17.2. The van der Waals surface area contributed by atoms with Crippen molar-refractivity contribution < 1.29 is 8.42 Å². The molecule has 1 atom stereocenters. The van der Waals surface area contributed by atoms with E-state index in [0.29, 0.717) is 11.0 Å². The summed E-state index contributed by atoms with van der Waals surface area (Å²) in [6.07, 6.45) is 2.35. The first-order valence-corrected chi connectivity index (χ1v) is 11.6. The Balaban J connectivity index is 1.78. The molecule has 24 heavy (non-hydrogen) atoms. The average molecular weight is 494 g/mol. The molecule has 0 bridgehead atoms. The molecule has 0 aliphatic carbocycles. The monoisotopic (exact) mass is 492 g/mol. The minimum Gasteiger partial charge on any atom is -0.294 e. The van der Waals surface area contributed by atoms with Gasteiger partial charge in [0.05, 0.1) is 10.9 Å². The number of benzene rings is 1. The minimum absolute atomic E-state index is 0.0940. The molecule has 4 nitrogen and oxygen atoms in total. The highest BCUT2D eigenvalue weighted by atomic mass is 79.9. The lowest BCUT2D eigenvalue weighted by molar-refractivity contribution is 0.250. The summed E-state index contributed by atoms with van der Waals surface area (Å²) in [5.41, 5.74) is 0. The van der Waals surface area contributed by atoms with Gasteiger partial charge in [-0.2, -0.15) is 0 Å². The Morgan fingerprint density at radius 1 is 1.21 bits per heavy atom. The number of nitrogens with one attached hydrogen (secondary N) is 1. The van der Waals surface area contributed by atoms with Gasteiger partial charge in [-0.25, -0.2) is 13.1 Å². The largest absolute Gasteiger partial charge is 0.294 e. The van der Waals surface area contributed by atoms with Crippen LogP contribution in [0.1, 0.15) is 23.8 Å². The standard InChI is InChI=1S/C16H18Br2N2O2S2/c17-12-5-6-16(13(18)10-12)24(21,22)19-11-14(15-4-3-9-23-15)20-7-1-2-8-20/h3-6,9-10,14,19H,1-2,7-8,11H2. The van der Waals surface area contributed by atoms with Gasteiger partial charge >= 0.3 is 0 Å². The van der Waals surface area contributed by atoms with E-state index in [-0.39, 0.29) is 10.9 Å². The summed E-state index contributed by atoms with van der Waals surface area (Å²) >= 11 is 8.36. The van der Waals surface area contributed by atoms with Gasteiger partial charge in [0.1, 0.15) is 0 Å². The van der Waals surface area contributed by atoms with E-state index in [4.69, 9.17) is 0 Å². The second-order valence-corrected chi connectivity index (χ2v) is 10.2. The van der Waals surface area contributed by atoms with Gasteiger partial charge in [-0.05, 0) is 71.5 Å². The maximum Gasteiger partial charge on any atom is 0.241 e. The first kappa shape index (κ1) is 18.5. The first-order valence-electron chi connectivity index (χ1n) is 7.69. The van der Waals surface area contributed by atoms with Crippen LogP contribution in [0.4, 0.5) is 0 Å². The van der Waals surface area contributed by atoms with E-state index in [1.54, 1.807) is 29.5 Å². The number of thiophene rings is 1. The second-order valence-electron chi connectivity index (χ2n) is 5.70. The molecular formula is C16H18Br2N2O2S2. The third-order valence-electron chi connectivity index (χ3n) is 4.10. The molecule has 1 fully saturated rings. The Kier molecular flexibility index (Phi) is 6.16. The van der Waals surface area contributed by atoms with E-state index >= 15 is 0 Å². The lowest BCUT2D eigenvalue weighted by atomic mass is 10.2. The molecule has 1 aromatic carbocycles. The normalized spacial score (nSPS) is 17.2. The molecule has 1 aromatic heterocycles. The quantitative estimate of drug-likeness (QED) is 0.649. The summed E-state index contributed by atoms with van der Waals surface area (Å²) in [5, 5.41) is 2.04. The number of sulfonamides is 1. The predicted molar refractivity (Wildman–Crippen MR) is 105 cm³/mol. The molecule has 0 saturated carbocycles. The Morgan fingerprint density at radius 3 is 2.58 bits per heavy atom. The van der Waals surface area contributed by atoms with E-state index in [0.717, 1.165) is 17.6 Å². The van der Waals surface area contributed by atoms with E-state index < -0.39 is 10.0 Å². The molecule has 2 heterocycles. The molecule has 1 N–H and O–H groups in total. The molecule has 130 valence electrons. The maximum atomic E-state index is 12.7. The van der Waals surface area contributed by atoms with Crippen molar-refractivity contribution >= 4 is 53.2 Å². The van der Waals surface area contributed by atoms with Crippen LogP contribution >= 0.6 is 43.2 Å². The van der Waals surface area contributed by atoms with Crippen LogP contribution in [0.25, 0.3) is 0 Å². The van der Waals surface area contributed by atoms with Crippen molar-refractivity contribution in [2.45, 2.75) is 23.8 Å². The summed E-state index contributed by atoms with van der Waals surface area (Å²) in [6, 6.07) is 9.27. The van der Waals surface area contributed by atoms with Gasteiger partial charge in [0.15, 0.2) is 0 Å². The van der Waals surface area contributed by atoms with Gasteiger partial charge in [-0.15, -0.1) is 11.3 Å². The molecule has 1 aliphatic heterocycles. The van der Waals surface area contributed by atoms with Crippen LogP contribution in [0.5, 0.6) is 0 Å². The van der Waals surface area contributed by atoms with Crippen molar-refractivity contribution in [2.24, 2.45) is 0 Å². The van der Waals surface area contributed by atoms with E-state index in [9.17, 15) is 8.42 Å². The molecule has 8 heteroatoms. The van der Waals surface area contributed by atoms with Crippen LogP contribution in [0.2, 0.25) is 0 Å². The third-order valence-corrected chi connectivity index (χ3v) is 7.97. The van der Waals surface area contributed by atoms with Gasteiger partial charge < -0.3 is 0 Å². The topological polar surface area (TPSA) is 49.4 Å². The molecule has 0 amide bonds. The minimum atomic E-state index is -3.56. The fourth-order valence-electron chi connectivity index (χ4n) is 2.90. The van der Waals surface area contributed by atoms with Crippen LogP contribution in [0.15, 0.2) is 49.6 Å². The highest BCUT2D eigenvalue weighted by Crippen LogP contribution is 2.29. The number of halogens is 2. The maximum absolute atomic E-state index is 12.7. The predicted octanol–water partition coefficient (Wildman–Crippen LogP) is 4.39. The van der Waals surface area contributed by atoms with Crippen molar-refractivity contribution in [3.63, 3.8) is 0 Å². The molecule has 0 spiro atoms. The molecule has 0 radical (unpaired) electrons. The number of nitrogens with zero attached hydrogens (tertiary/aromatic N) is 1. The molecule has 1 aliphatic rings. The molecule has 1 saturated heterocycles. The number of hydrogen-bond donors (Lipinski definition) is 1. The lowest BCUT2D eigenvalue weighted by Gasteiger charge is -2.27. The van der Waals surface area contributed by atoms with E-state index in [1.807, 2.05) is 11.4 Å². The van der Waals surface area contributed by atoms with Crippen molar-refractivity contribution in [3.05, 3.63) is 49.5 Å². The summed E-state index contributed by atoms with van der Waals surface area (Å²) < 4.78 is 29.5. The summed E-state index contributed by atoms with van der Waals surface area (Å²) in [5.74, 6) is 0. The second kappa shape index (κ2) is 7.97. The van der Waals surface area contributed by atoms with Crippen LogP contribution < -0.4 is 4.72 Å². The van der Waals surface area contributed by atoms with Crippen molar-refractivity contribution in [3.8, 4) is 0 Å². The van der Waals surface area contributed by atoms with Gasteiger partial charge in [0.25, 0.3) is 0 Å². The SMILES string of the molecule is O=S(=O)(NCC(c1cccs1)N1CCCC1)c1ccc(Br)cc1Br. The fraction of sp³-hybridized carbons (Fsp3) is 0.375. The molecule has 2 aromatic rings. The summed E-state index contributed by atoms with van der Waals surface area (Å²) in [7, 11) is -3.56. The summed E-state index contributed by atoms with van der Waals surface area (Å²) in [6.45, 7) is 2.42. The van der Waals surface area contributed by atoms with E-state index in [2.05, 4.69) is 47.5 Å². The first-order chi connectivity index (χ1) is 11.5. The van der Waals surface area contributed by atoms with Gasteiger partial charge in [0, 0.05) is 20.4 Å². The van der Waals surface area contributed by atoms with Gasteiger partial charge in [-0.3, -0.25) is 4.90 Å². The van der Waals surface area contributed by atoms with Crippen molar-refractivity contribution in [1.82, 2.24) is 9.62 Å². The van der Waals surface area contributed by atoms with Gasteiger partial charge in [-0.1, -0.05) is 22.0 Å². The molecule has 3 rings (SSSR count). The van der Waals surface area contributed by atoms with Crippen LogP contribution in [0.3, 0.4) is 0 Å². The Bertz CT molecular complexity index is 788. The highest BCUT2D eigenvalue weighted by molar-refractivity contribution is 9.11. The lowest BCUT2D eigenvalue weighted by Crippen LogP contribution is -2.36. The van der Waals surface area contributed by atoms with Crippen molar-refractivity contribution in [1.29, 1.82) is 0 Å². The number of rotatable bonds is 6. The Hall–Kier alpha value is -0.250. The zero-order valence-electron chi connectivity index (χ0n) is 12.9. The van der Waals surface area contributed by atoms with Crippen LogP contribution in [-0.2, 0) is 10.0 Å². The fourth-order valence-corrected chi connectivity index (χ4v) is 6.55. The van der Waals surface area contributed by atoms with Gasteiger partial charge in [0.2, 0.25) is 10.0 Å². The van der Waals surface area contributed by atoms with Crippen LogP contribution in [0, 0.1) is 0 Å². The smallest absolute Gasteiger partial charge is 0.241 e.